The van der Waals surface area contributed by atoms with Gasteiger partial charge < -0.3 is 10.6 Å². The lowest BCUT2D eigenvalue weighted by Gasteiger charge is -2.14. The van der Waals surface area contributed by atoms with Crippen LogP contribution < -0.4 is 10.6 Å². The number of amides is 2. The Hall–Kier alpha value is -3.97. The van der Waals surface area contributed by atoms with E-state index in [2.05, 4.69) is 30.9 Å². The van der Waals surface area contributed by atoms with Gasteiger partial charge in [-0.05, 0) is 42.8 Å². The number of carbonyl (C=O) groups excluding carboxylic acids is 2. The summed E-state index contributed by atoms with van der Waals surface area (Å²) in [6, 6.07) is 7.42. The Kier molecular flexibility index (Phi) is 7.18. The fraction of sp³-hybridized carbons (Fsp3) is 0.182. The molecule has 2 amide bonds. The van der Waals surface area contributed by atoms with Crippen molar-refractivity contribution in [3.05, 3.63) is 81.0 Å². The van der Waals surface area contributed by atoms with E-state index in [1.165, 1.54) is 31.4 Å². The Balaban J connectivity index is 1.75. The predicted octanol–water partition coefficient (Wildman–Crippen LogP) is 4.15. The fourth-order valence-electron chi connectivity index (χ4n) is 3.41. The SMILES string of the molecule is CNC(=O)c1cc(Cl)cc(C)c1NC(=O)c1cc(Cn2ncc(C(F)(F)F)n2)nn1-c1ncccc1Cl. The van der Waals surface area contributed by atoms with E-state index in [9.17, 15) is 22.8 Å². The minimum absolute atomic E-state index is 0.0593. The summed E-state index contributed by atoms with van der Waals surface area (Å²) in [5.41, 5.74) is -0.228. The van der Waals surface area contributed by atoms with E-state index in [1.54, 1.807) is 19.1 Å². The highest BCUT2D eigenvalue weighted by Crippen LogP contribution is 2.28. The van der Waals surface area contributed by atoms with Gasteiger partial charge >= 0.3 is 6.18 Å². The van der Waals surface area contributed by atoms with Crippen LogP contribution in [0.15, 0.2) is 42.7 Å². The highest BCUT2D eigenvalue weighted by Gasteiger charge is 2.34. The van der Waals surface area contributed by atoms with Crippen molar-refractivity contribution in [2.75, 3.05) is 12.4 Å². The highest BCUT2D eigenvalue weighted by molar-refractivity contribution is 6.32. The van der Waals surface area contributed by atoms with E-state index >= 15 is 0 Å². The van der Waals surface area contributed by atoms with Crippen molar-refractivity contribution in [3.63, 3.8) is 0 Å². The van der Waals surface area contributed by atoms with Crippen molar-refractivity contribution in [2.24, 2.45) is 0 Å². The fourth-order valence-corrected chi connectivity index (χ4v) is 3.89. The molecule has 10 nitrogen and oxygen atoms in total. The quantitative estimate of drug-likeness (QED) is 0.370. The number of carbonyl (C=O) groups is 2. The summed E-state index contributed by atoms with van der Waals surface area (Å²) < 4.78 is 39.9. The van der Waals surface area contributed by atoms with E-state index in [-0.39, 0.29) is 40.0 Å². The number of benzene rings is 1. The molecule has 0 spiro atoms. The van der Waals surface area contributed by atoms with E-state index < -0.39 is 23.7 Å². The summed E-state index contributed by atoms with van der Waals surface area (Å²) in [7, 11) is 1.43. The molecule has 0 fully saturated rings. The minimum Gasteiger partial charge on any atom is -0.355 e. The van der Waals surface area contributed by atoms with E-state index in [1.807, 2.05) is 0 Å². The van der Waals surface area contributed by atoms with Crippen molar-refractivity contribution in [3.8, 4) is 5.82 Å². The van der Waals surface area contributed by atoms with E-state index in [0.717, 1.165) is 9.48 Å². The van der Waals surface area contributed by atoms with Crippen molar-refractivity contribution < 1.29 is 22.8 Å². The summed E-state index contributed by atoms with van der Waals surface area (Å²) in [5.74, 6) is -1.07. The first-order valence-corrected chi connectivity index (χ1v) is 11.2. The third-order valence-corrected chi connectivity index (χ3v) is 5.59. The first-order valence-electron chi connectivity index (χ1n) is 10.5. The second kappa shape index (κ2) is 10.2. The molecular weight excluding hydrogens is 536 g/mol. The maximum Gasteiger partial charge on any atom is 0.436 e. The Morgan fingerprint density at radius 3 is 2.51 bits per heavy atom. The Bertz CT molecular complexity index is 1500. The number of anilines is 1. The average Bonchev–Trinajstić information content (AvgIpc) is 3.48. The minimum atomic E-state index is -4.66. The monoisotopic (exact) mass is 552 g/mol. The molecule has 192 valence electrons. The van der Waals surface area contributed by atoms with Gasteiger partial charge in [0.1, 0.15) is 12.2 Å². The largest absolute Gasteiger partial charge is 0.436 e. The third-order valence-electron chi connectivity index (χ3n) is 5.07. The molecule has 0 radical (unpaired) electrons. The standard InChI is InChI=1S/C22H17Cl2F3N8O2/c1-11-6-12(23)7-14(20(36)28-2)18(11)31-21(37)16-8-13(10-34-30-9-17(33-34)22(25,26)27)32-35(16)19-15(24)4-3-5-29-19/h3-9H,10H2,1-2H3,(H,28,36)(H,31,37). The lowest BCUT2D eigenvalue weighted by atomic mass is 10.1. The zero-order chi connectivity index (χ0) is 26.9. The van der Waals surface area contributed by atoms with E-state index in [0.29, 0.717) is 16.8 Å². The number of nitrogens with one attached hydrogen (secondary N) is 2. The van der Waals surface area contributed by atoms with Gasteiger partial charge in [0.25, 0.3) is 11.8 Å². The van der Waals surface area contributed by atoms with Gasteiger partial charge in [-0.2, -0.15) is 28.2 Å². The average molecular weight is 553 g/mol. The number of hydrogen-bond acceptors (Lipinski definition) is 6. The topological polar surface area (TPSA) is 120 Å². The second-order valence-corrected chi connectivity index (χ2v) is 8.52. The zero-order valence-corrected chi connectivity index (χ0v) is 20.7. The molecule has 0 aliphatic rings. The van der Waals surface area contributed by atoms with Crippen LogP contribution in [0, 0.1) is 6.92 Å². The maximum atomic E-state index is 13.4. The molecule has 4 aromatic rings. The Labute approximate surface area is 217 Å². The number of alkyl halides is 3. The molecule has 0 aliphatic carbocycles. The normalized spacial score (nSPS) is 11.4. The van der Waals surface area contributed by atoms with Crippen LogP contribution in [-0.2, 0) is 12.7 Å². The summed E-state index contributed by atoms with van der Waals surface area (Å²) in [6.07, 6.45) is -2.64. The Morgan fingerprint density at radius 1 is 1.11 bits per heavy atom. The van der Waals surface area contributed by atoms with Gasteiger partial charge in [-0.25, -0.2) is 9.67 Å². The van der Waals surface area contributed by atoms with Crippen LogP contribution >= 0.6 is 23.2 Å². The number of aryl methyl sites for hydroxylation is 1. The van der Waals surface area contributed by atoms with Gasteiger partial charge in [0.2, 0.25) is 0 Å². The van der Waals surface area contributed by atoms with Crippen LogP contribution in [-0.4, -0.2) is 48.6 Å². The van der Waals surface area contributed by atoms with Gasteiger partial charge in [0.05, 0.1) is 28.2 Å². The molecule has 0 atom stereocenters. The second-order valence-electron chi connectivity index (χ2n) is 7.68. The zero-order valence-electron chi connectivity index (χ0n) is 19.1. The van der Waals surface area contributed by atoms with Crippen molar-refractivity contribution in [1.82, 2.24) is 35.1 Å². The summed E-state index contributed by atoms with van der Waals surface area (Å²) in [4.78, 5) is 30.8. The molecule has 3 aromatic heterocycles. The van der Waals surface area contributed by atoms with Crippen LogP contribution in [0.4, 0.5) is 18.9 Å². The molecule has 37 heavy (non-hydrogen) atoms. The first-order chi connectivity index (χ1) is 17.5. The number of rotatable bonds is 6. The van der Waals surface area contributed by atoms with Gasteiger partial charge in [-0.15, -0.1) is 5.10 Å². The Morgan fingerprint density at radius 2 is 1.86 bits per heavy atom. The van der Waals surface area contributed by atoms with Gasteiger partial charge in [0, 0.05) is 18.3 Å². The molecule has 0 bridgehead atoms. The van der Waals surface area contributed by atoms with Crippen LogP contribution in [0.25, 0.3) is 5.82 Å². The van der Waals surface area contributed by atoms with Gasteiger partial charge in [-0.1, -0.05) is 23.2 Å². The summed E-state index contributed by atoms with van der Waals surface area (Å²) in [5, 5.41) is 17.0. The molecule has 0 saturated heterocycles. The lowest BCUT2D eigenvalue weighted by Crippen LogP contribution is -2.23. The number of nitrogens with zero attached hydrogens (tertiary/aromatic N) is 6. The predicted molar refractivity (Wildman–Crippen MR) is 128 cm³/mol. The van der Waals surface area contributed by atoms with Crippen LogP contribution in [0.3, 0.4) is 0 Å². The smallest absolute Gasteiger partial charge is 0.355 e. The summed E-state index contributed by atoms with van der Waals surface area (Å²) in [6.45, 7) is 1.38. The van der Waals surface area contributed by atoms with Crippen molar-refractivity contribution >= 4 is 40.7 Å². The molecule has 0 unspecified atom stereocenters. The van der Waals surface area contributed by atoms with Gasteiger partial charge in [-0.3, -0.25) is 9.59 Å². The molecule has 1 aromatic carbocycles. The van der Waals surface area contributed by atoms with Crippen molar-refractivity contribution in [1.29, 1.82) is 0 Å². The number of aromatic nitrogens is 6. The molecule has 0 saturated carbocycles. The molecule has 2 N–H and O–H groups in total. The highest BCUT2D eigenvalue weighted by atomic mass is 35.5. The molecule has 15 heteroatoms. The third kappa shape index (κ3) is 5.57. The van der Waals surface area contributed by atoms with Crippen LogP contribution in [0.2, 0.25) is 10.0 Å². The summed E-state index contributed by atoms with van der Waals surface area (Å²) >= 11 is 12.4. The maximum absolute atomic E-state index is 13.4. The van der Waals surface area contributed by atoms with Crippen LogP contribution in [0.1, 0.15) is 37.8 Å². The van der Waals surface area contributed by atoms with Crippen molar-refractivity contribution in [2.45, 2.75) is 19.6 Å². The van der Waals surface area contributed by atoms with E-state index in [4.69, 9.17) is 23.2 Å². The van der Waals surface area contributed by atoms with Crippen LogP contribution in [0.5, 0.6) is 0 Å². The molecule has 4 rings (SSSR count). The first kappa shape index (κ1) is 26.1. The molecular formula is C22H17Cl2F3N8O2. The number of hydrogen-bond donors (Lipinski definition) is 2. The lowest BCUT2D eigenvalue weighted by molar-refractivity contribution is -0.141. The number of pyridine rings is 1. The van der Waals surface area contributed by atoms with Gasteiger partial charge in [0.15, 0.2) is 11.5 Å². The molecule has 3 heterocycles. The number of halogens is 5. The molecule has 0 aliphatic heterocycles.